The number of amides is 1. The van der Waals surface area contributed by atoms with Crippen LogP contribution < -0.4 is 11.1 Å². The van der Waals surface area contributed by atoms with Crippen LogP contribution in [0.5, 0.6) is 0 Å². The van der Waals surface area contributed by atoms with Crippen molar-refractivity contribution in [3.8, 4) is 11.1 Å². The molecule has 4 heteroatoms. The minimum Gasteiger partial charge on any atom is -0.345 e. The van der Waals surface area contributed by atoms with Crippen LogP contribution in [0.3, 0.4) is 0 Å². The summed E-state index contributed by atoms with van der Waals surface area (Å²) in [7, 11) is 0. The van der Waals surface area contributed by atoms with Crippen LogP contribution in [-0.2, 0) is 0 Å². The molecule has 124 valence electrons. The molecule has 2 aromatic rings. The second-order valence-electron chi connectivity index (χ2n) is 6.17. The molecule has 0 bridgehead atoms. The van der Waals surface area contributed by atoms with E-state index in [0.29, 0.717) is 12.1 Å². The van der Waals surface area contributed by atoms with E-state index in [1.165, 1.54) is 0 Å². The van der Waals surface area contributed by atoms with Crippen LogP contribution in [-0.4, -0.2) is 18.0 Å². The van der Waals surface area contributed by atoms with E-state index in [0.717, 1.165) is 11.1 Å². The normalized spacial score (nSPS) is 13.1. The number of carbonyl (C=O) groups excluding carboxylic acids is 1. The van der Waals surface area contributed by atoms with Crippen LogP contribution in [0, 0.1) is 5.92 Å². The number of rotatable bonds is 5. The minimum atomic E-state index is -0.394. The van der Waals surface area contributed by atoms with Gasteiger partial charge in [-0.1, -0.05) is 56.3 Å². The third kappa shape index (κ3) is 4.57. The van der Waals surface area contributed by atoms with Crippen molar-refractivity contribution in [1.29, 1.82) is 0 Å². The predicted octanol–water partition coefficient (Wildman–Crippen LogP) is 3.88. The summed E-state index contributed by atoms with van der Waals surface area (Å²) >= 11 is 0. The maximum Gasteiger partial charge on any atom is 0.251 e. The summed E-state index contributed by atoms with van der Waals surface area (Å²) in [5, 5.41) is 3.05. The summed E-state index contributed by atoms with van der Waals surface area (Å²) in [6.45, 7) is 6.52. The Kier molecular flexibility index (Phi) is 6.79. The van der Waals surface area contributed by atoms with Gasteiger partial charge < -0.3 is 11.1 Å². The highest BCUT2D eigenvalue weighted by Crippen LogP contribution is 2.20. The highest BCUT2D eigenvalue weighted by Gasteiger charge is 2.28. The lowest BCUT2D eigenvalue weighted by Gasteiger charge is -2.33. The van der Waals surface area contributed by atoms with Gasteiger partial charge >= 0.3 is 0 Å². The highest BCUT2D eigenvalue weighted by atomic mass is 35.5. The molecule has 3 N–H and O–H groups in total. The van der Waals surface area contributed by atoms with E-state index in [1.807, 2.05) is 49.4 Å². The monoisotopic (exact) mass is 332 g/mol. The number of nitrogens with one attached hydrogen (secondary N) is 1. The lowest BCUT2D eigenvalue weighted by atomic mass is 9.88. The first-order chi connectivity index (χ1) is 10.5. The van der Waals surface area contributed by atoms with E-state index < -0.39 is 5.54 Å². The van der Waals surface area contributed by atoms with Gasteiger partial charge in [-0.2, -0.15) is 0 Å². The summed E-state index contributed by atoms with van der Waals surface area (Å²) in [5.74, 6) is 0.186. The maximum absolute atomic E-state index is 12.4. The molecular formula is C19H25ClN2O. The Bertz CT molecular complexity index is 626. The fraction of sp³-hybridized carbons (Fsp3) is 0.316. The first kappa shape index (κ1) is 19.2. The molecule has 0 heterocycles. The molecule has 0 radical (unpaired) electrons. The van der Waals surface area contributed by atoms with Crippen molar-refractivity contribution in [1.82, 2.24) is 5.32 Å². The number of hydrogen-bond acceptors (Lipinski definition) is 2. The molecule has 0 saturated carbocycles. The van der Waals surface area contributed by atoms with Gasteiger partial charge in [0.1, 0.15) is 0 Å². The number of benzene rings is 2. The summed E-state index contributed by atoms with van der Waals surface area (Å²) < 4.78 is 0. The third-order valence-corrected chi connectivity index (χ3v) is 4.35. The predicted molar refractivity (Wildman–Crippen MR) is 98.9 cm³/mol. The van der Waals surface area contributed by atoms with E-state index >= 15 is 0 Å². The molecule has 0 saturated heterocycles. The van der Waals surface area contributed by atoms with Crippen molar-refractivity contribution < 1.29 is 4.79 Å². The number of nitrogens with two attached hydrogens (primary N) is 1. The second-order valence-corrected chi connectivity index (χ2v) is 6.17. The molecule has 1 amide bonds. The Morgan fingerprint density at radius 2 is 1.57 bits per heavy atom. The average Bonchev–Trinajstić information content (AvgIpc) is 2.55. The van der Waals surface area contributed by atoms with Gasteiger partial charge in [0.05, 0.1) is 5.54 Å². The van der Waals surface area contributed by atoms with Crippen molar-refractivity contribution in [3.05, 3.63) is 60.2 Å². The minimum absolute atomic E-state index is 0. The quantitative estimate of drug-likeness (QED) is 0.873. The van der Waals surface area contributed by atoms with Crippen LogP contribution in [0.1, 0.15) is 31.1 Å². The molecule has 0 aliphatic rings. The van der Waals surface area contributed by atoms with Gasteiger partial charge in [-0.05, 0) is 36.1 Å². The first-order valence-corrected chi connectivity index (χ1v) is 7.64. The summed E-state index contributed by atoms with van der Waals surface area (Å²) in [5.41, 5.74) is 8.32. The molecule has 0 aromatic heterocycles. The Labute approximate surface area is 144 Å². The van der Waals surface area contributed by atoms with Gasteiger partial charge in [0.2, 0.25) is 0 Å². The van der Waals surface area contributed by atoms with Crippen LogP contribution in [0.2, 0.25) is 0 Å². The van der Waals surface area contributed by atoms with Gasteiger partial charge in [0, 0.05) is 12.1 Å². The standard InChI is InChI=1S/C19H24N2O.ClH/c1-14(2)19(3,13-20)21-18(22)17-11-9-16(10-12-17)15-7-5-4-6-8-15;/h4-12,14H,13,20H2,1-3H3,(H,21,22);1H. The smallest absolute Gasteiger partial charge is 0.251 e. The Morgan fingerprint density at radius 3 is 2.04 bits per heavy atom. The van der Waals surface area contributed by atoms with Gasteiger partial charge in [-0.3, -0.25) is 4.79 Å². The molecule has 1 atom stereocenters. The van der Waals surface area contributed by atoms with Crippen molar-refractivity contribution in [2.45, 2.75) is 26.3 Å². The molecule has 0 spiro atoms. The molecule has 0 aliphatic carbocycles. The molecule has 2 rings (SSSR count). The summed E-state index contributed by atoms with van der Waals surface area (Å²) in [6.07, 6.45) is 0. The van der Waals surface area contributed by atoms with Crippen LogP contribution >= 0.6 is 12.4 Å². The Hall–Kier alpha value is -1.84. The van der Waals surface area contributed by atoms with Gasteiger partial charge in [-0.15, -0.1) is 12.4 Å². The zero-order valence-electron chi connectivity index (χ0n) is 13.9. The third-order valence-electron chi connectivity index (χ3n) is 4.35. The number of hydrogen-bond donors (Lipinski definition) is 2. The van der Waals surface area contributed by atoms with Crippen molar-refractivity contribution >= 4 is 18.3 Å². The molecular weight excluding hydrogens is 308 g/mol. The van der Waals surface area contributed by atoms with E-state index in [-0.39, 0.29) is 24.2 Å². The van der Waals surface area contributed by atoms with E-state index in [4.69, 9.17) is 5.73 Å². The zero-order chi connectivity index (χ0) is 16.2. The number of carbonyl (C=O) groups is 1. The zero-order valence-corrected chi connectivity index (χ0v) is 14.7. The fourth-order valence-corrected chi connectivity index (χ4v) is 2.21. The fourth-order valence-electron chi connectivity index (χ4n) is 2.21. The summed E-state index contributed by atoms with van der Waals surface area (Å²) in [6, 6.07) is 17.8. The average molecular weight is 333 g/mol. The van der Waals surface area contributed by atoms with Crippen molar-refractivity contribution in [3.63, 3.8) is 0 Å². The van der Waals surface area contributed by atoms with E-state index in [1.54, 1.807) is 0 Å². The van der Waals surface area contributed by atoms with Gasteiger partial charge in [0.15, 0.2) is 0 Å². The molecule has 3 nitrogen and oxygen atoms in total. The largest absolute Gasteiger partial charge is 0.345 e. The van der Waals surface area contributed by atoms with Gasteiger partial charge in [-0.25, -0.2) is 0 Å². The van der Waals surface area contributed by atoms with E-state index in [9.17, 15) is 4.79 Å². The second kappa shape index (κ2) is 8.14. The van der Waals surface area contributed by atoms with Crippen LogP contribution in [0.4, 0.5) is 0 Å². The maximum atomic E-state index is 12.4. The number of halogens is 1. The van der Waals surface area contributed by atoms with E-state index in [2.05, 4.69) is 31.3 Å². The lowest BCUT2D eigenvalue weighted by molar-refractivity contribution is 0.0883. The molecule has 23 heavy (non-hydrogen) atoms. The Morgan fingerprint density at radius 1 is 1.04 bits per heavy atom. The topological polar surface area (TPSA) is 55.1 Å². The van der Waals surface area contributed by atoms with Crippen LogP contribution in [0.25, 0.3) is 11.1 Å². The molecule has 1 unspecified atom stereocenters. The molecule has 2 aromatic carbocycles. The summed E-state index contributed by atoms with van der Waals surface area (Å²) in [4.78, 5) is 12.4. The lowest BCUT2D eigenvalue weighted by Crippen LogP contribution is -2.55. The van der Waals surface area contributed by atoms with Crippen molar-refractivity contribution in [2.75, 3.05) is 6.54 Å². The Balaban J connectivity index is 0.00000264. The highest BCUT2D eigenvalue weighted by molar-refractivity contribution is 5.95. The van der Waals surface area contributed by atoms with Gasteiger partial charge in [0.25, 0.3) is 5.91 Å². The first-order valence-electron chi connectivity index (χ1n) is 7.64. The van der Waals surface area contributed by atoms with Crippen LogP contribution in [0.15, 0.2) is 54.6 Å². The van der Waals surface area contributed by atoms with Crippen molar-refractivity contribution in [2.24, 2.45) is 11.7 Å². The molecule has 0 aliphatic heterocycles. The molecule has 0 fully saturated rings. The SMILES string of the molecule is CC(C)C(C)(CN)NC(=O)c1ccc(-c2ccccc2)cc1.Cl.